The van der Waals surface area contributed by atoms with Gasteiger partial charge in [0.1, 0.15) is 11.1 Å². The third-order valence-corrected chi connectivity index (χ3v) is 8.05. The molecule has 154 valence electrons. The van der Waals surface area contributed by atoms with Gasteiger partial charge in [-0.25, -0.2) is 0 Å². The molecule has 28 heavy (non-hydrogen) atoms. The fourth-order valence-corrected chi connectivity index (χ4v) is 6.47. The maximum Gasteiger partial charge on any atom is 0.152 e. The van der Waals surface area contributed by atoms with E-state index in [0.717, 1.165) is 41.0 Å². The number of aldehydes is 1. The molecule has 4 unspecified atom stereocenters. The quantitative estimate of drug-likeness (QED) is 0.312. The number of carbonyl (C=O) groups excluding carboxylic acids is 1. The zero-order valence-electron chi connectivity index (χ0n) is 16.4. The number of aliphatic hydroxyl groups is 1. The molecule has 1 heterocycles. The molecular formula is C22H32N2O3S. The molecule has 2 fully saturated rings. The number of thioether (sulfide) groups is 1. The Bertz CT molecular complexity index is 699. The van der Waals surface area contributed by atoms with Crippen LogP contribution in [0, 0.1) is 17.8 Å². The number of rotatable bonds is 7. The van der Waals surface area contributed by atoms with E-state index in [1.165, 1.54) is 63.1 Å². The fourth-order valence-electron chi connectivity index (χ4n) is 5.37. The molecule has 0 bridgehead atoms. The molecular weight excluding hydrogens is 372 g/mol. The molecule has 0 aromatic heterocycles. The number of hydrogen-bond acceptors (Lipinski definition) is 6. The van der Waals surface area contributed by atoms with Crippen molar-refractivity contribution in [2.75, 3.05) is 18.4 Å². The van der Waals surface area contributed by atoms with Gasteiger partial charge in [-0.2, -0.15) is 0 Å². The number of hydrogen-bond donors (Lipinski definition) is 4. The lowest BCUT2D eigenvalue weighted by molar-refractivity contribution is -0.107. The Morgan fingerprint density at radius 3 is 2.86 bits per heavy atom. The Labute approximate surface area is 171 Å². The first kappa shape index (κ1) is 20.0. The number of anilines is 1. The summed E-state index contributed by atoms with van der Waals surface area (Å²) in [7, 11) is 0. The van der Waals surface area contributed by atoms with Crippen molar-refractivity contribution in [1.82, 2.24) is 5.32 Å². The molecule has 0 amide bonds. The van der Waals surface area contributed by atoms with Gasteiger partial charge in [0.05, 0.1) is 11.8 Å². The standard InChI is InChI=1S/C22H32N2O3S/c25-13-20-24-21-18(26)8-7-17(22(21)28-20)19(27)12-23-10-9-14-5-6-15-3-1-2-4-16(15)11-14/h7-8,13-16,19-20,23-24,26-27H,1-6,9-12H2/t14?,15?,16?,19-,20?/m0/s1. The Morgan fingerprint density at radius 2 is 2.04 bits per heavy atom. The van der Waals surface area contributed by atoms with E-state index in [1.807, 2.05) is 0 Å². The Kier molecular flexibility index (Phi) is 6.48. The zero-order valence-corrected chi connectivity index (χ0v) is 17.2. The SMILES string of the molecule is O=CC1Nc2c(O)ccc([C@@H](O)CNCCC3CCC4CCCCC4C3)c2S1. The number of phenolic OH excluding ortho intramolecular Hbond substituents is 1. The molecule has 1 aromatic carbocycles. The van der Waals surface area contributed by atoms with Gasteiger partial charge in [-0.05, 0) is 55.2 Å². The van der Waals surface area contributed by atoms with Crippen LogP contribution < -0.4 is 10.6 Å². The molecule has 5 nitrogen and oxygen atoms in total. The van der Waals surface area contributed by atoms with Crippen molar-refractivity contribution in [3.8, 4) is 5.75 Å². The molecule has 2 aliphatic carbocycles. The average Bonchev–Trinajstić information content (AvgIpc) is 3.16. The number of aromatic hydroxyl groups is 1. The molecule has 4 N–H and O–H groups in total. The monoisotopic (exact) mass is 404 g/mol. The summed E-state index contributed by atoms with van der Waals surface area (Å²) in [6.45, 7) is 1.42. The number of nitrogens with one attached hydrogen (secondary N) is 2. The van der Waals surface area contributed by atoms with Gasteiger partial charge in [0, 0.05) is 11.4 Å². The van der Waals surface area contributed by atoms with E-state index in [1.54, 1.807) is 12.1 Å². The van der Waals surface area contributed by atoms with Crippen LogP contribution >= 0.6 is 11.8 Å². The van der Waals surface area contributed by atoms with Crippen LogP contribution in [0.25, 0.3) is 0 Å². The number of aliphatic hydroxyl groups excluding tert-OH is 1. The smallest absolute Gasteiger partial charge is 0.152 e. The molecule has 3 aliphatic rings. The molecule has 1 aromatic rings. The summed E-state index contributed by atoms with van der Waals surface area (Å²) in [6.07, 6.45) is 11.3. The topological polar surface area (TPSA) is 81.6 Å². The minimum absolute atomic E-state index is 0.120. The van der Waals surface area contributed by atoms with Gasteiger partial charge in [0.15, 0.2) is 6.29 Å². The molecule has 6 heteroatoms. The van der Waals surface area contributed by atoms with E-state index in [9.17, 15) is 15.0 Å². The van der Waals surface area contributed by atoms with E-state index in [2.05, 4.69) is 10.6 Å². The molecule has 1 aliphatic heterocycles. The summed E-state index contributed by atoms with van der Waals surface area (Å²) in [5, 5.41) is 26.7. The average molecular weight is 405 g/mol. The maximum absolute atomic E-state index is 11.1. The van der Waals surface area contributed by atoms with Crippen LogP contribution in [0.15, 0.2) is 17.0 Å². The van der Waals surface area contributed by atoms with Gasteiger partial charge in [-0.1, -0.05) is 49.9 Å². The van der Waals surface area contributed by atoms with Gasteiger partial charge in [0.25, 0.3) is 0 Å². The van der Waals surface area contributed by atoms with Gasteiger partial charge in [-0.15, -0.1) is 0 Å². The lowest BCUT2D eigenvalue weighted by Gasteiger charge is -2.39. The van der Waals surface area contributed by atoms with Gasteiger partial charge < -0.3 is 25.6 Å². The summed E-state index contributed by atoms with van der Waals surface area (Å²) in [5.41, 5.74) is 1.33. The van der Waals surface area contributed by atoms with Crippen molar-refractivity contribution in [1.29, 1.82) is 0 Å². The molecule has 2 saturated carbocycles. The lowest BCUT2D eigenvalue weighted by atomic mass is 9.67. The predicted molar refractivity (Wildman–Crippen MR) is 113 cm³/mol. The summed E-state index contributed by atoms with van der Waals surface area (Å²) in [4.78, 5) is 11.9. The molecule has 0 spiro atoms. The Balaban J connectivity index is 1.25. The highest BCUT2D eigenvalue weighted by Gasteiger charge is 2.32. The van der Waals surface area contributed by atoms with Crippen molar-refractivity contribution >= 4 is 23.7 Å². The molecule has 4 rings (SSSR count). The van der Waals surface area contributed by atoms with Crippen LogP contribution in [0.3, 0.4) is 0 Å². The maximum atomic E-state index is 11.1. The largest absolute Gasteiger partial charge is 0.506 e. The van der Waals surface area contributed by atoms with E-state index in [0.29, 0.717) is 12.2 Å². The highest BCUT2D eigenvalue weighted by atomic mass is 32.2. The fraction of sp³-hybridized carbons (Fsp3) is 0.682. The Morgan fingerprint density at radius 1 is 1.21 bits per heavy atom. The van der Waals surface area contributed by atoms with Crippen molar-refractivity contribution in [3.05, 3.63) is 17.7 Å². The first-order valence-corrected chi connectivity index (χ1v) is 11.7. The number of phenols is 1. The zero-order chi connectivity index (χ0) is 19.5. The minimum atomic E-state index is -0.650. The summed E-state index contributed by atoms with van der Waals surface area (Å²) >= 11 is 1.35. The number of benzene rings is 1. The summed E-state index contributed by atoms with van der Waals surface area (Å²) < 4.78 is 0. The van der Waals surface area contributed by atoms with E-state index >= 15 is 0 Å². The second-order valence-corrected chi connectivity index (χ2v) is 9.84. The van der Waals surface area contributed by atoms with Crippen LogP contribution in [0.1, 0.15) is 63.0 Å². The normalized spacial score (nSPS) is 30.2. The van der Waals surface area contributed by atoms with Crippen LogP contribution in [0.2, 0.25) is 0 Å². The van der Waals surface area contributed by atoms with Crippen molar-refractivity contribution in [3.63, 3.8) is 0 Å². The number of fused-ring (bicyclic) bond motifs is 2. The minimum Gasteiger partial charge on any atom is -0.506 e. The second-order valence-electron chi connectivity index (χ2n) is 8.69. The van der Waals surface area contributed by atoms with Gasteiger partial charge in [0.2, 0.25) is 0 Å². The van der Waals surface area contributed by atoms with E-state index in [-0.39, 0.29) is 5.75 Å². The van der Waals surface area contributed by atoms with Crippen molar-refractivity contribution in [2.45, 2.75) is 67.7 Å². The summed E-state index contributed by atoms with van der Waals surface area (Å²) in [5.74, 6) is 2.91. The van der Waals surface area contributed by atoms with Gasteiger partial charge >= 0.3 is 0 Å². The van der Waals surface area contributed by atoms with Crippen LogP contribution in [-0.4, -0.2) is 35.0 Å². The highest BCUT2D eigenvalue weighted by molar-refractivity contribution is 8.01. The molecule has 5 atom stereocenters. The van der Waals surface area contributed by atoms with Gasteiger partial charge in [-0.3, -0.25) is 0 Å². The summed E-state index contributed by atoms with van der Waals surface area (Å²) in [6, 6.07) is 3.34. The highest BCUT2D eigenvalue weighted by Crippen LogP contribution is 2.47. The van der Waals surface area contributed by atoms with E-state index < -0.39 is 11.5 Å². The molecule has 0 saturated heterocycles. The van der Waals surface area contributed by atoms with Crippen LogP contribution in [0.5, 0.6) is 5.75 Å². The Hall–Kier alpha value is -1.24. The number of carbonyl (C=O) groups is 1. The van der Waals surface area contributed by atoms with Crippen molar-refractivity contribution < 1.29 is 15.0 Å². The first-order chi connectivity index (χ1) is 13.7. The molecule has 0 radical (unpaired) electrons. The van der Waals surface area contributed by atoms with Crippen molar-refractivity contribution in [2.24, 2.45) is 17.8 Å². The van der Waals surface area contributed by atoms with Crippen LogP contribution in [0.4, 0.5) is 5.69 Å². The van der Waals surface area contributed by atoms with E-state index in [4.69, 9.17) is 0 Å². The van der Waals surface area contributed by atoms with Crippen LogP contribution in [-0.2, 0) is 4.79 Å². The third kappa shape index (κ3) is 4.34. The second kappa shape index (κ2) is 9.06. The predicted octanol–water partition coefficient (Wildman–Crippen LogP) is 4.05. The first-order valence-electron chi connectivity index (χ1n) is 10.8. The third-order valence-electron chi connectivity index (χ3n) is 6.90. The lowest BCUT2D eigenvalue weighted by Crippen LogP contribution is -2.30.